The molecule has 0 unspecified atom stereocenters. The Bertz CT molecular complexity index is 1340. The van der Waals surface area contributed by atoms with Gasteiger partial charge in [-0.2, -0.15) is 17.9 Å². The number of rotatable bonds is 3. The molecule has 10 heteroatoms. The van der Waals surface area contributed by atoms with Gasteiger partial charge in [-0.3, -0.25) is 0 Å². The molecule has 1 aromatic carbocycles. The molecule has 3 aromatic heterocycles. The molecule has 1 saturated carbocycles. The van der Waals surface area contributed by atoms with Crippen molar-refractivity contribution in [1.82, 2.24) is 28.9 Å². The van der Waals surface area contributed by atoms with Gasteiger partial charge in [0.05, 0.1) is 11.1 Å². The second-order valence-corrected chi connectivity index (χ2v) is 8.22. The smallest absolute Gasteiger partial charge is 0.320 e. The number of hydrogen-bond donors (Lipinski definition) is 0. The fraction of sp³-hybridized carbons (Fsp3) is 0.333. The van der Waals surface area contributed by atoms with E-state index in [-0.39, 0.29) is 5.41 Å². The lowest BCUT2D eigenvalue weighted by Crippen LogP contribution is -2.43. The van der Waals surface area contributed by atoms with E-state index in [1.807, 2.05) is 23.7 Å². The number of aryl methyl sites for hydroxylation is 1. The first-order valence-corrected chi connectivity index (χ1v) is 9.84. The van der Waals surface area contributed by atoms with Gasteiger partial charge in [-0.05, 0) is 48.6 Å². The maximum absolute atomic E-state index is 13.4. The molecule has 5 rings (SSSR count). The van der Waals surface area contributed by atoms with Gasteiger partial charge < -0.3 is 4.57 Å². The largest absolute Gasteiger partial charge is 0.420 e. The van der Waals surface area contributed by atoms with E-state index in [4.69, 9.17) is 0 Å². The summed E-state index contributed by atoms with van der Waals surface area (Å²) in [7, 11) is 1.88. The number of hydrogen-bond acceptors (Lipinski definition) is 4. The molecule has 0 amide bonds. The normalized spacial score (nSPS) is 21.4. The monoisotopic (exact) mass is 428 g/mol. The molecule has 1 aliphatic carbocycles. The molecule has 0 saturated heterocycles. The third-order valence-corrected chi connectivity index (χ3v) is 6.03. The number of fused-ring (bicyclic) bond motifs is 1. The Labute approximate surface area is 174 Å². The molecule has 0 atom stereocenters. The highest BCUT2D eigenvalue weighted by Crippen LogP contribution is 2.51. The van der Waals surface area contributed by atoms with Crippen LogP contribution in [0.25, 0.3) is 11.3 Å². The Hall–Kier alpha value is -3.43. The zero-order valence-corrected chi connectivity index (χ0v) is 16.8. The Morgan fingerprint density at radius 2 is 1.94 bits per heavy atom. The lowest BCUT2D eigenvalue weighted by molar-refractivity contribution is -0.136. The van der Waals surface area contributed by atoms with Gasteiger partial charge in [0.2, 0.25) is 0 Å². The summed E-state index contributed by atoms with van der Waals surface area (Å²) in [5.74, 6) is 1.32. The van der Waals surface area contributed by atoms with Gasteiger partial charge in [0.15, 0.2) is 5.65 Å². The molecular weight excluding hydrogens is 409 g/mol. The summed E-state index contributed by atoms with van der Waals surface area (Å²) in [6.07, 6.45) is 0.0456. The Kier molecular flexibility index (Phi) is 4.11. The van der Waals surface area contributed by atoms with Crippen molar-refractivity contribution >= 4 is 5.65 Å². The van der Waals surface area contributed by atoms with Gasteiger partial charge in [-0.25, -0.2) is 9.20 Å². The van der Waals surface area contributed by atoms with Gasteiger partial charge >= 0.3 is 11.9 Å². The number of alkyl halides is 3. The van der Waals surface area contributed by atoms with Crippen LogP contribution in [0.3, 0.4) is 0 Å². The molecule has 31 heavy (non-hydrogen) atoms. The SMILES string of the molecule is CC1CC(c2cccc(-n3nc4c(C(F)(F)F)cccn4c3=O)c2)(c2nncn2C)C1. The summed E-state index contributed by atoms with van der Waals surface area (Å²) in [6, 6.07) is 9.32. The molecule has 0 radical (unpaired) electrons. The van der Waals surface area contributed by atoms with Gasteiger partial charge in [-0.1, -0.05) is 19.1 Å². The van der Waals surface area contributed by atoms with Crippen LogP contribution in [-0.4, -0.2) is 28.9 Å². The zero-order valence-electron chi connectivity index (χ0n) is 16.8. The van der Waals surface area contributed by atoms with E-state index in [0.717, 1.165) is 39.4 Å². The minimum Gasteiger partial charge on any atom is -0.320 e. The van der Waals surface area contributed by atoms with Gasteiger partial charge in [0.1, 0.15) is 17.7 Å². The van der Waals surface area contributed by atoms with Crippen molar-refractivity contribution in [2.45, 2.75) is 31.4 Å². The van der Waals surface area contributed by atoms with Crippen LogP contribution in [-0.2, 0) is 18.6 Å². The van der Waals surface area contributed by atoms with Crippen LogP contribution in [0, 0.1) is 5.92 Å². The summed E-state index contributed by atoms with van der Waals surface area (Å²) in [5, 5.41) is 12.4. The molecule has 160 valence electrons. The van der Waals surface area contributed by atoms with E-state index < -0.39 is 23.1 Å². The highest BCUT2D eigenvalue weighted by atomic mass is 19.4. The van der Waals surface area contributed by atoms with Crippen molar-refractivity contribution in [3.05, 3.63) is 76.4 Å². The van der Waals surface area contributed by atoms with Crippen LogP contribution in [0.5, 0.6) is 0 Å². The maximum atomic E-state index is 13.4. The third-order valence-electron chi connectivity index (χ3n) is 6.03. The van der Waals surface area contributed by atoms with Crippen LogP contribution in [0.15, 0.2) is 53.7 Å². The first-order valence-electron chi connectivity index (χ1n) is 9.84. The van der Waals surface area contributed by atoms with E-state index in [1.165, 1.54) is 12.3 Å². The second kappa shape index (κ2) is 6.53. The summed E-state index contributed by atoms with van der Waals surface area (Å²) < 4.78 is 44.0. The lowest BCUT2D eigenvalue weighted by atomic mass is 9.58. The highest BCUT2D eigenvalue weighted by molar-refractivity contribution is 5.50. The fourth-order valence-electron chi connectivity index (χ4n) is 4.71. The molecule has 1 aliphatic rings. The van der Waals surface area contributed by atoms with Crippen LogP contribution in [0.4, 0.5) is 13.2 Å². The lowest BCUT2D eigenvalue weighted by Gasteiger charge is -2.46. The molecule has 0 bridgehead atoms. The second-order valence-electron chi connectivity index (χ2n) is 8.22. The predicted octanol–water partition coefficient (Wildman–Crippen LogP) is 3.35. The molecular formula is C21H19F3N6O. The van der Waals surface area contributed by atoms with Crippen LogP contribution < -0.4 is 5.69 Å². The predicted molar refractivity (Wildman–Crippen MR) is 106 cm³/mol. The quantitative estimate of drug-likeness (QED) is 0.502. The molecule has 0 N–H and O–H groups in total. The first kappa shape index (κ1) is 19.5. The van der Waals surface area contributed by atoms with Gasteiger partial charge in [-0.15, -0.1) is 15.3 Å². The van der Waals surface area contributed by atoms with E-state index >= 15 is 0 Å². The summed E-state index contributed by atoms with van der Waals surface area (Å²) >= 11 is 0. The number of benzene rings is 1. The van der Waals surface area contributed by atoms with E-state index in [1.54, 1.807) is 18.5 Å². The topological polar surface area (TPSA) is 70.0 Å². The average molecular weight is 428 g/mol. The molecule has 0 spiro atoms. The van der Waals surface area contributed by atoms with Crippen molar-refractivity contribution in [2.75, 3.05) is 0 Å². The van der Waals surface area contributed by atoms with Crippen molar-refractivity contribution in [3.63, 3.8) is 0 Å². The number of pyridine rings is 1. The van der Waals surface area contributed by atoms with Gasteiger partial charge in [0, 0.05) is 13.2 Å². The summed E-state index contributed by atoms with van der Waals surface area (Å²) in [4.78, 5) is 12.9. The van der Waals surface area contributed by atoms with Gasteiger partial charge in [0.25, 0.3) is 0 Å². The van der Waals surface area contributed by atoms with Crippen LogP contribution in [0.2, 0.25) is 0 Å². The van der Waals surface area contributed by atoms with Crippen LogP contribution in [0.1, 0.15) is 36.7 Å². The average Bonchev–Trinajstić information content (AvgIpc) is 3.28. The summed E-state index contributed by atoms with van der Waals surface area (Å²) in [5.41, 5.74) is -1.07. The first-order chi connectivity index (χ1) is 14.7. The van der Waals surface area contributed by atoms with E-state index in [0.29, 0.717) is 11.6 Å². The standard InChI is InChI=1S/C21H19F3N6O/c1-13-10-20(11-13,18-26-25-12-28(18)2)14-5-3-6-15(9-14)30-19(31)29-8-4-7-16(17(29)27-30)21(22,23)24/h3-9,12-13H,10-11H2,1-2H3. The van der Waals surface area contributed by atoms with E-state index in [9.17, 15) is 18.0 Å². The molecule has 7 nitrogen and oxygen atoms in total. The number of halogens is 3. The van der Waals surface area contributed by atoms with E-state index in [2.05, 4.69) is 22.2 Å². The molecule has 0 aliphatic heterocycles. The number of aromatic nitrogens is 6. The molecule has 3 heterocycles. The van der Waals surface area contributed by atoms with Crippen molar-refractivity contribution in [1.29, 1.82) is 0 Å². The minimum atomic E-state index is -4.61. The number of nitrogens with zero attached hydrogens (tertiary/aromatic N) is 6. The van der Waals surface area contributed by atoms with Crippen molar-refractivity contribution in [3.8, 4) is 5.69 Å². The zero-order chi connectivity index (χ0) is 22.0. The molecule has 1 fully saturated rings. The Morgan fingerprint density at radius 3 is 2.58 bits per heavy atom. The van der Waals surface area contributed by atoms with Crippen molar-refractivity contribution in [2.24, 2.45) is 13.0 Å². The van der Waals surface area contributed by atoms with Crippen molar-refractivity contribution < 1.29 is 13.2 Å². The fourth-order valence-corrected chi connectivity index (χ4v) is 4.71. The third kappa shape index (κ3) is 2.88. The Balaban J connectivity index is 1.67. The highest BCUT2D eigenvalue weighted by Gasteiger charge is 2.48. The van der Waals surface area contributed by atoms with Crippen LogP contribution >= 0.6 is 0 Å². The minimum absolute atomic E-state index is 0.361. The molecule has 4 aromatic rings. The summed E-state index contributed by atoms with van der Waals surface area (Å²) in [6.45, 7) is 2.16. The maximum Gasteiger partial charge on any atom is 0.420 e. The Morgan fingerprint density at radius 1 is 1.16 bits per heavy atom.